The third kappa shape index (κ3) is 4.24. The molecule has 0 aromatic heterocycles. The van der Waals surface area contributed by atoms with Gasteiger partial charge in [-0.15, -0.1) is 0 Å². The number of nitrogens with one attached hydrogen (secondary N) is 1. The topological polar surface area (TPSA) is 47.6 Å². The number of esters is 1. The van der Waals surface area contributed by atoms with Crippen LogP contribution in [0.15, 0.2) is 0 Å². The van der Waals surface area contributed by atoms with E-state index in [0.29, 0.717) is 6.61 Å². The third-order valence-corrected chi connectivity index (χ3v) is 1.97. The SMILES string of the molecule is CCOC(=O)CNC[C@H]1CCCO1. The molecule has 0 amide bonds. The smallest absolute Gasteiger partial charge is 0.319 e. The molecule has 1 rings (SSSR count). The van der Waals surface area contributed by atoms with E-state index in [1.54, 1.807) is 6.92 Å². The van der Waals surface area contributed by atoms with Gasteiger partial charge in [0.15, 0.2) is 0 Å². The Balaban J connectivity index is 1.96. The van der Waals surface area contributed by atoms with Crippen LogP contribution in [0, 0.1) is 0 Å². The molecule has 76 valence electrons. The molecule has 13 heavy (non-hydrogen) atoms. The monoisotopic (exact) mass is 187 g/mol. The fraction of sp³-hybridized carbons (Fsp3) is 0.889. The first-order valence-electron chi connectivity index (χ1n) is 4.81. The van der Waals surface area contributed by atoms with Crippen LogP contribution in [0.4, 0.5) is 0 Å². The van der Waals surface area contributed by atoms with Crippen LogP contribution in [0.2, 0.25) is 0 Å². The van der Waals surface area contributed by atoms with Crippen molar-refractivity contribution in [2.75, 3.05) is 26.3 Å². The molecular weight excluding hydrogens is 170 g/mol. The van der Waals surface area contributed by atoms with Gasteiger partial charge < -0.3 is 14.8 Å². The van der Waals surface area contributed by atoms with E-state index in [4.69, 9.17) is 9.47 Å². The van der Waals surface area contributed by atoms with Gasteiger partial charge in [0.2, 0.25) is 0 Å². The second kappa shape index (κ2) is 5.94. The highest BCUT2D eigenvalue weighted by Crippen LogP contribution is 2.10. The lowest BCUT2D eigenvalue weighted by molar-refractivity contribution is -0.142. The second-order valence-electron chi connectivity index (χ2n) is 3.07. The highest BCUT2D eigenvalue weighted by molar-refractivity contribution is 5.71. The molecule has 1 atom stereocenters. The van der Waals surface area contributed by atoms with Crippen molar-refractivity contribution in [3.63, 3.8) is 0 Å². The first-order valence-corrected chi connectivity index (χ1v) is 4.81. The van der Waals surface area contributed by atoms with Crippen molar-refractivity contribution in [2.24, 2.45) is 0 Å². The van der Waals surface area contributed by atoms with E-state index in [0.717, 1.165) is 26.0 Å². The summed E-state index contributed by atoms with van der Waals surface area (Å²) in [6, 6.07) is 0. The fourth-order valence-corrected chi connectivity index (χ4v) is 1.35. The highest BCUT2D eigenvalue weighted by atomic mass is 16.5. The predicted molar refractivity (Wildman–Crippen MR) is 48.5 cm³/mol. The third-order valence-electron chi connectivity index (χ3n) is 1.97. The summed E-state index contributed by atoms with van der Waals surface area (Å²) in [7, 11) is 0. The van der Waals surface area contributed by atoms with Gasteiger partial charge in [-0.3, -0.25) is 4.79 Å². The molecule has 1 aliphatic heterocycles. The maximum Gasteiger partial charge on any atom is 0.319 e. The molecule has 1 aliphatic rings. The van der Waals surface area contributed by atoms with Gasteiger partial charge in [-0.2, -0.15) is 0 Å². The molecule has 1 heterocycles. The standard InChI is InChI=1S/C9H17NO3/c1-2-12-9(11)7-10-6-8-4-3-5-13-8/h8,10H,2-7H2,1H3/t8-/m1/s1. The number of rotatable bonds is 5. The molecule has 0 radical (unpaired) electrons. The Bertz CT molecular complexity index is 155. The van der Waals surface area contributed by atoms with Gasteiger partial charge in [0.25, 0.3) is 0 Å². The number of carbonyl (C=O) groups excluding carboxylic acids is 1. The Morgan fingerprint density at radius 1 is 1.69 bits per heavy atom. The summed E-state index contributed by atoms with van der Waals surface area (Å²) >= 11 is 0. The Morgan fingerprint density at radius 3 is 3.15 bits per heavy atom. The summed E-state index contributed by atoms with van der Waals surface area (Å²) in [6.45, 7) is 4.14. The second-order valence-corrected chi connectivity index (χ2v) is 3.07. The average Bonchev–Trinajstić information content (AvgIpc) is 2.57. The van der Waals surface area contributed by atoms with Gasteiger partial charge in [0.05, 0.1) is 19.3 Å². The van der Waals surface area contributed by atoms with E-state index in [2.05, 4.69) is 5.32 Å². The van der Waals surface area contributed by atoms with Crippen LogP contribution in [0.3, 0.4) is 0 Å². The number of hydrogen-bond acceptors (Lipinski definition) is 4. The summed E-state index contributed by atoms with van der Waals surface area (Å²) < 4.78 is 10.1. The maximum absolute atomic E-state index is 10.9. The highest BCUT2D eigenvalue weighted by Gasteiger charge is 2.14. The molecule has 0 unspecified atom stereocenters. The van der Waals surface area contributed by atoms with Gasteiger partial charge >= 0.3 is 5.97 Å². The minimum absolute atomic E-state index is 0.194. The Morgan fingerprint density at radius 2 is 2.54 bits per heavy atom. The van der Waals surface area contributed by atoms with Gasteiger partial charge in [-0.05, 0) is 19.8 Å². The molecular formula is C9H17NO3. The van der Waals surface area contributed by atoms with Crippen LogP contribution >= 0.6 is 0 Å². The largest absolute Gasteiger partial charge is 0.465 e. The zero-order valence-corrected chi connectivity index (χ0v) is 8.04. The van der Waals surface area contributed by atoms with Crippen molar-refractivity contribution in [3.8, 4) is 0 Å². The van der Waals surface area contributed by atoms with Crippen LogP contribution in [0.25, 0.3) is 0 Å². The Hall–Kier alpha value is -0.610. The quantitative estimate of drug-likeness (QED) is 0.630. The van der Waals surface area contributed by atoms with E-state index < -0.39 is 0 Å². The molecule has 1 saturated heterocycles. The van der Waals surface area contributed by atoms with Crippen molar-refractivity contribution in [1.29, 1.82) is 0 Å². The first-order chi connectivity index (χ1) is 6.33. The van der Waals surface area contributed by atoms with Gasteiger partial charge in [0.1, 0.15) is 0 Å². The lowest BCUT2D eigenvalue weighted by Gasteiger charge is -2.09. The molecule has 0 aliphatic carbocycles. The van der Waals surface area contributed by atoms with Crippen LogP contribution in [-0.4, -0.2) is 38.4 Å². The molecule has 0 saturated carbocycles. The molecule has 0 aromatic rings. The summed E-state index contributed by atoms with van der Waals surface area (Å²) in [5.74, 6) is -0.194. The molecule has 1 N–H and O–H groups in total. The lowest BCUT2D eigenvalue weighted by Crippen LogP contribution is -2.31. The molecule has 1 fully saturated rings. The zero-order chi connectivity index (χ0) is 9.52. The van der Waals surface area contributed by atoms with Crippen molar-refractivity contribution in [1.82, 2.24) is 5.32 Å². The number of hydrogen-bond donors (Lipinski definition) is 1. The summed E-state index contributed by atoms with van der Waals surface area (Å²) in [4.78, 5) is 10.9. The van der Waals surface area contributed by atoms with Crippen LogP contribution in [0.1, 0.15) is 19.8 Å². The number of ether oxygens (including phenoxy) is 2. The minimum Gasteiger partial charge on any atom is -0.465 e. The van der Waals surface area contributed by atoms with Crippen LogP contribution in [-0.2, 0) is 14.3 Å². The first kappa shape index (κ1) is 10.5. The van der Waals surface area contributed by atoms with E-state index in [1.165, 1.54) is 0 Å². The minimum atomic E-state index is -0.194. The fourth-order valence-electron chi connectivity index (χ4n) is 1.35. The van der Waals surface area contributed by atoms with Crippen molar-refractivity contribution >= 4 is 5.97 Å². The Labute approximate surface area is 78.6 Å². The van der Waals surface area contributed by atoms with Crippen LogP contribution < -0.4 is 5.32 Å². The molecule has 0 bridgehead atoms. The van der Waals surface area contributed by atoms with E-state index in [1.807, 2.05) is 0 Å². The van der Waals surface area contributed by atoms with Crippen molar-refractivity contribution in [3.05, 3.63) is 0 Å². The molecule has 0 spiro atoms. The summed E-state index contributed by atoms with van der Waals surface area (Å²) in [5, 5.41) is 3.01. The predicted octanol–water partition coefficient (Wildman–Crippen LogP) is 0.318. The lowest BCUT2D eigenvalue weighted by atomic mass is 10.2. The summed E-state index contributed by atoms with van der Waals surface area (Å²) in [5.41, 5.74) is 0. The van der Waals surface area contributed by atoms with Crippen LogP contribution in [0.5, 0.6) is 0 Å². The normalized spacial score (nSPS) is 21.8. The summed E-state index contributed by atoms with van der Waals surface area (Å²) in [6.07, 6.45) is 2.51. The molecule has 0 aromatic carbocycles. The zero-order valence-electron chi connectivity index (χ0n) is 8.04. The van der Waals surface area contributed by atoms with Gasteiger partial charge in [-0.25, -0.2) is 0 Å². The van der Waals surface area contributed by atoms with E-state index in [9.17, 15) is 4.79 Å². The van der Waals surface area contributed by atoms with Crippen molar-refractivity contribution < 1.29 is 14.3 Å². The van der Waals surface area contributed by atoms with Gasteiger partial charge in [-0.1, -0.05) is 0 Å². The number of carbonyl (C=O) groups is 1. The maximum atomic E-state index is 10.9. The molecule has 4 nitrogen and oxygen atoms in total. The molecule has 4 heteroatoms. The van der Waals surface area contributed by atoms with E-state index in [-0.39, 0.29) is 18.6 Å². The Kier molecular flexibility index (Phi) is 4.78. The van der Waals surface area contributed by atoms with Gasteiger partial charge in [0, 0.05) is 13.2 Å². The van der Waals surface area contributed by atoms with Crippen molar-refractivity contribution in [2.45, 2.75) is 25.9 Å². The van der Waals surface area contributed by atoms with E-state index >= 15 is 0 Å². The average molecular weight is 187 g/mol.